The summed E-state index contributed by atoms with van der Waals surface area (Å²) in [5.41, 5.74) is 1.66. The Bertz CT molecular complexity index is 152. The maximum absolute atomic E-state index is 11.9. The molecule has 0 aliphatic heterocycles. The van der Waals surface area contributed by atoms with E-state index < -0.39 is 17.7 Å². The normalized spacial score (nSPS) is 26.5. The lowest BCUT2D eigenvalue weighted by Crippen LogP contribution is -2.32. The van der Waals surface area contributed by atoms with E-state index in [-0.39, 0.29) is 18.8 Å². The average Bonchev–Trinajstić information content (AvgIpc) is 2.38. The summed E-state index contributed by atoms with van der Waals surface area (Å²) in [6.45, 7) is 0. The molecule has 0 saturated heterocycles. The second-order valence-electron chi connectivity index (χ2n) is 2.03. The van der Waals surface area contributed by atoms with Gasteiger partial charge in [-0.3, -0.25) is 10.2 Å². The Kier molecular flexibility index (Phi) is 2.56. The molecule has 1 rings (SSSR count). The summed E-state index contributed by atoms with van der Waals surface area (Å²) in [5.74, 6) is -0.157. The zero-order valence-corrected chi connectivity index (χ0v) is 5.75. The van der Waals surface area contributed by atoms with E-state index in [2.05, 4.69) is 5.84 Å². The molecule has 6 heteroatoms. The largest absolute Gasteiger partial charge is 0.294 e. The topological polar surface area (TPSA) is 55.1 Å². The van der Waals surface area contributed by atoms with Crippen molar-refractivity contribution in [1.82, 2.24) is 5.43 Å². The lowest BCUT2D eigenvalue weighted by Gasteiger charge is -1.93. The Balaban J connectivity index is 0.000000810. The van der Waals surface area contributed by atoms with Crippen molar-refractivity contribution in [2.75, 3.05) is 0 Å². The quantitative estimate of drug-likeness (QED) is 0.334. The number of hydrogen-bond donors (Lipinski definition) is 2. The highest BCUT2D eigenvalue weighted by Crippen LogP contribution is 2.48. The smallest absolute Gasteiger partial charge is 0.260 e. The maximum atomic E-state index is 11.9. The van der Waals surface area contributed by atoms with E-state index in [4.69, 9.17) is 0 Å². The van der Waals surface area contributed by atoms with E-state index in [1.165, 1.54) is 0 Å². The fourth-order valence-electron chi connectivity index (χ4n) is 0.598. The zero-order chi connectivity index (χ0) is 7.07. The highest BCUT2D eigenvalue weighted by atomic mass is 35.5. The van der Waals surface area contributed by atoms with Crippen molar-refractivity contribution >= 4 is 18.3 Å². The Labute approximate surface area is 62.3 Å². The first-order valence-electron chi connectivity index (χ1n) is 2.46. The number of hydrogen-bond acceptors (Lipinski definition) is 2. The van der Waals surface area contributed by atoms with Crippen molar-refractivity contribution in [3.63, 3.8) is 0 Å². The van der Waals surface area contributed by atoms with Crippen LogP contribution in [-0.2, 0) is 4.79 Å². The fraction of sp³-hybridized carbons (Fsp3) is 0.750. The predicted octanol–water partition coefficient (Wildman–Crippen LogP) is 0.0533. The van der Waals surface area contributed by atoms with Crippen molar-refractivity contribution in [2.45, 2.75) is 12.3 Å². The minimum Gasteiger partial charge on any atom is -0.294 e. The predicted molar refractivity (Wildman–Crippen MR) is 32.6 cm³/mol. The summed E-state index contributed by atoms with van der Waals surface area (Å²) in [6, 6.07) is 0. The number of carbonyl (C=O) groups excluding carboxylic acids is 1. The number of amides is 1. The van der Waals surface area contributed by atoms with Gasteiger partial charge in [-0.2, -0.15) is 0 Å². The number of nitrogens with one attached hydrogen (secondary N) is 1. The van der Waals surface area contributed by atoms with E-state index in [0.29, 0.717) is 0 Å². The third-order valence-corrected chi connectivity index (χ3v) is 1.28. The molecule has 0 aromatic carbocycles. The van der Waals surface area contributed by atoms with Crippen LogP contribution in [0.4, 0.5) is 8.78 Å². The molecular formula is C4H7ClF2N2O. The first-order valence-corrected chi connectivity index (χ1v) is 2.46. The van der Waals surface area contributed by atoms with E-state index in [1.54, 1.807) is 5.43 Å². The molecule has 0 bridgehead atoms. The van der Waals surface area contributed by atoms with Gasteiger partial charge in [0.25, 0.3) is 5.92 Å². The van der Waals surface area contributed by atoms with Crippen LogP contribution in [0.5, 0.6) is 0 Å². The molecule has 0 spiro atoms. The summed E-state index contributed by atoms with van der Waals surface area (Å²) >= 11 is 0. The van der Waals surface area contributed by atoms with E-state index in [9.17, 15) is 13.6 Å². The molecule has 1 aliphatic carbocycles. The number of nitrogens with two attached hydrogens (primary N) is 1. The summed E-state index contributed by atoms with van der Waals surface area (Å²) in [5, 5.41) is 0. The van der Waals surface area contributed by atoms with Gasteiger partial charge in [0, 0.05) is 6.42 Å². The third-order valence-electron chi connectivity index (χ3n) is 1.28. The van der Waals surface area contributed by atoms with Crippen molar-refractivity contribution < 1.29 is 13.6 Å². The van der Waals surface area contributed by atoms with E-state index >= 15 is 0 Å². The van der Waals surface area contributed by atoms with Gasteiger partial charge in [0.15, 0.2) is 0 Å². The lowest BCUT2D eigenvalue weighted by molar-refractivity contribution is -0.124. The highest BCUT2D eigenvalue weighted by molar-refractivity contribution is 5.85. The molecule has 1 aliphatic rings. The molecule has 3 nitrogen and oxygen atoms in total. The average molecular weight is 173 g/mol. The molecule has 0 aromatic rings. The minimum absolute atomic E-state index is 0. The van der Waals surface area contributed by atoms with E-state index in [1.807, 2.05) is 0 Å². The molecule has 60 valence electrons. The summed E-state index contributed by atoms with van der Waals surface area (Å²) in [4.78, 5) is 10.3. The van der Waals surface area contributed by atoms with Gasteiger partial charge in [-0.15, -0.1) is 12.4 Å². The van der Waals surface area contributed by atoms with Crippen molar-refractivity contribution in [2.24, 2.45) is 11.8 Å². The molecule has 1 amide bonds. The van der Waals surface area contributed by atoms with Crippen LogP contribution >= 0.6 is 12.4 Å². The van der Waals surface area contributed by atoms with Crippen molar-refractivity contribution in [1.29, 1.82) is 0 Å². The van der Waals surface area contributed by atoms with Crippen LogP contribution in [0.25, 0.3) is 0 Å². The van der Waals surface area contributed by atoms with Gasteiger partial charge in [-0.05, 0) is 0 Å². The zero-order valence-electron chi connectivity index (χ0n) is 4.93. The van der Waals surface area contributed by atoms with Gasteiger partial charge in [0.1, 0.15) is 5.92 Å². The van der Waals surface area contributed by atoms with Gasteiger partial charge in [-0.25, -0.2) is 14.6 Å². The number of hydrazine groups is 1. The Morgan fingerprint density at radius 2 is 2.10 bits per heavy atom. The molecule has 10 heavy (non-hydrogen) atoms. The van der Waals surface area contributed by atoms with Gasteiger partial charge in [0.05, 0.1) is 0 Å². The van der Waals surface area contributed by atoms with Crippen LogP contribution in [0, 0.1) is 5.92 Å². The van der Waals surface area contributed by atoms with Crippen molar-refractivity contribution in [3.05, 3.63) is 0 Å². The molecule has 1 atom stereocenters. The van der Waals surface area contributed by atoms with Crippen LogP contribution in [0.15, 0.2) is 0 Å². The summed E-state index contributed by atoms with van der Waals surface area (Å²) in [7, 11) is 0. The molecule has 0 aromatic heterocycles. The summed E-state index contributed by atoms with van der Waals surface area (Å²) < 4.78 is 23.8. The van der Waals surface area contributed by atoms with E-state index in [0.717, 1.165) is 0 Å². The highest BCUT2D eigenvalue weighted by Gasteiger charge is 2.61. The number of carbonyl (C=O) groups is 1. The third kappa shape index (κ3) is 1.54. The standard InChI is InChI=1S/C4H6F2N2O.ClH/c5-4(6)1-2(4)3(9)8-7;/h2H,1,7H2,(H,8,9);1H. The van der Waals surface area contributed by atoms with Crippen LogP contribution in [0.3, 0.4) is 0 Å². The number of halogens is 3. The summed E-state index contributed by atoms with van der Waals surface area (Å²) in [6.07, 6.45) is -0.365. The van der Waals surface area contributed by atoms with Gasteiger partial charge in [-0.1, -0.05) is 0 Å². The Morgan fingerprint density at radius 3 is 2.20 bits per heavy atom. The van der Waals surface area contributed by atoms with Gasteiger partial charge in [0.2, 0.25) is 5.91 Å². The second kappa shape index (κ2) is 2.67. The SMILES string of the molecule is Cl.NNC(=O)C1CC1(F)F. The van der Waals surface area contributed by atoms with Gasteiger partial charge < -0.3 is 0 Å². The molecule has 3 N–H and O–H groups in total. The molecular weight excluding hydrogens is 166 g/mol. The number of alkyl halides is 2. The van der Waals surface area contributed by atoms with Gasteiger partial charge >= 0.3 is 0 Å². The molecule has 1 unspecified atom stereocenters. The Morgan fingerprint density at radius 1 is 1.70 bits per heavy atom. The lowest BCUT2D eigenvalue weighted by atomic mass is 10.4. The Hall–Kier alpha value is -0.420. The fourth-order valence-corrected chi connectivity index (χ4v) is 0.598. The minimum atomic E-state index is -2.80. The first kappa shape index (κ1) is 9.58. The molecule has 1 saturated carbocycles. The second-order valence-corrected chi connectivity index (χ2v) is 2.03. The number of rotatable bonds is 1. The molecule has 0 heterocycles. The van der Waals surface area contributed by atoms with Crippen LogP contribution in [-0.4, -0.2) is 11.8 Å². The monoisotopic (exact) mass is 172 g/mol. The molecule has 1 fully saturated rings. The van der Waals surface area contributed by atoms with Crippen LogP contribution in [0.2, 0.25) is 0 Å². The first-order chi connectivity index (χ1) is 4.08. The maximum Gasteiger partial charge on any atom is 0.260 e. The van der Waals surface area contributed by atoms with Crippen LogP contribution < -0.4 is 11.3 Å². The van der Waals surface area contributed by atoms with Crippen molar-refractivity contribution in [3.8, 4) is 0 Å². The van der Waals surface area contributed by atoms with Crippen LogP contribution in [0.1, 0.15) is 6.42 Å². The molecule has 0 radical (unpaired) electrons.